The van der Waals surface area contributed by atoms with Gasteiger partial charge in [-0.3, -0.25) is 4.79 Å². The van der Waals surface area contributed by atoms with Gasteiger partial charge in [-0.05, 0) is 36.5 Å². The van der Waals surface area contributed by atoms with E-state index in [-0.39, 0.29) is 11.8 Å². The van der Waals surface area contributed by atoms with Crippen LogP contribution in [0.1, 0.15) is 12.0 Å². The van der Waals surface area contributed by atoms with Crippen molar-refractivity contribution >= 4 is 17.6 Å². The average Bonchev–Trinajstić information content (AvgIpc) is 2.97. The molecule has 1 saturated carbocycles. The highest BCUT2D eigenvalue weighted by molar-refractivity contribution is 6.32. The van der Waals surface area contributed by atoms with Crippen molar-refractivity contribution in [2.45, 2.75) is 12.8 Å². The molecule has 1 aromatic carbocycles. The molecule has 1 aromatic rings. The lowest BCUT2D eigenvalue weighted by Crippen LogP contribution is -2.01. The number of methoxy groups -OCH3 is 1. The Bertz CT molecular complexity index is 417. The Labute approximate surface area is 99.0 Å². The molecule has 2 rings (SSSR count). The summed E-state index contributed by atoms with van der Waals surface area (Å²) in [6, 6.07) is 5.59. The molecule has 0 aliphatic heterocycles. The highest BCUT2D eigenvalue weighted by Gasteiger charge is 2.42. The first-order valence-corrected chi connectivity index (χ1v) is 5.55. The Morgan fingerprint density at radius 3 is 2.88 bits per heavy atom. The van der Waals surface area contributed by atoms with Gasteiger partial charge in [0.2, 0.25) is 0 Å². The summed E-state index contributed by atoms with van der Waals surface area (Å²) in [5.74, 6) is 0.0587. The largest absolute Gasteiger partial charge is 0.495 e. The van der Waals surface area contributed by atoms with E-state index in [1.54, 1.807) is 7.11 Å². The van der Waals surface area contributed by atoms with Crippen molar-refractivity contribution in [3.8, 4) is 5.75 Å². The molecule has 16 heavy (non-hydrogen) atoms. The molecule has 0 bridgehead atoms. The number of carboxylic acids is 1. The van der Waals surface area contributed by atoms with Gasteiger partial charge >= 0.3 is 5.97 Å². The van der Waals surface area contributed by atoms with E-state index in [2.05, 4.69) is 0 Å². The fourth-order valence-corrected chi connectivity index (χ4v) is 2.20. The molecule has 86 valence electrons. The van der Waals surface area contributed by atoms with Crippen molar-refractivity contribution in [1.29, 1.82) is 0 Å². The molecule has 3 nitrogen and oxygen atoms in total. The van der Waals surface area contributed by atoms with E-state index in [1.807, 2.05) is 18.2 Å². The van der Waals surface area contributed by atoms with Crippen LogP contribution in [0.5, 0.6) is 5.75 Å². The van der Waals surface area contributed by atoms with E-state index in [0.717, 1.165) is 18.4 Å². The van der Waals surface area contributed by atoms with Crippen LogP contribution in [0.2, 0.25) is 5.02 Å². The molecule has 0 spiro atoms. The molecule has 0 saturated heterocycles. The number of hydrogen-bond acceptors (Lipinski definition) is 2. The van der Waals surface area contributed by atoms with Gasteiger partial charge < -0.3 is 9.84 Å². The van der Waals surface area contributed by atoms with Gasteiger partial charge in [-0.15, -0.1) is 0 Å². The molecule has 4 heteroatoms. The Morgan fingerprint density at radius 2 is 2.38 bits per heavy atom. The summed E-state index contributed by atoms with van der Waals surface area (Å²) >= 11 is 5.99. The Hall–Kier alpha value is -1.22. The Balaban J connectivity index is 2.01. The van der Waals surface area contributed by atoms with Gasteiger partial charge in [0.1, 0.15) is 5.75 Å². The number of carbonyl (C=O) groups is 1. The molecular formula is C12H13ClO3. The summed E-state index contributed by atoms with van der Waals surface area (Å²) < 4.78 is 5.05. The van der Waals surface area contributed by atoms with Crippen molar-refractivity contribution < 1.29 is 14.6 Å². The minimum absolute atomic E-state index is 0.166. The number of rotatable bonds is 4. The average molecular weight is 241 g/mol. The predicted molar refractivity (Wildman–Crippen MR) is 60.9 cm³/mol. The first-order chi connectivity index (χ1) is 7.61. The second kappa shape index (κ2) is 4.34. The van der Waals surface area contributed by atoms with Gasteiger partial charge in [-0.25, -0.2) is 0 Å². The van der Waals surface area contributed by atoms with Crippen molar-refractivity contribution in [3.05, 3.63) is 28.8 Å². The third kappa shape index (κ3) is 2.30. The second-order valence-electron chi connectivity index (χ2n) is 4.11. The van der Waals surface area contributed by atoms with Crippen molar-refractivity contribution in [2.75, 3.05) is 7.11 Å². The van der Waals surface area contributed by atoms with Gasteiger partial charge in [0.05, 0.1) is 18.1 Å². The van der Waals surface area contributed by atoms with Crippen LogP contribution in [-0.4, -0.2) is 18.2 Å². The predicted octanol–water partition coefficient (Wildman–Crippen LogP) is 2.61. The maximum absolute atomic E-state index is 10.7. The minimum Gasteiger partial charge on any atom is -0.495 e. The summed E-state index contributed by atoms with van der Waals surface area (Å²) in [6.07, 6.45) is 1.56. The zero-order chi connectivity index (χ0) is 11.7. The van der Waals surface area contributed by atoms with Gasteiger partial charge in [-0.1, -0.05) is 17.7 Å². The summed E-state index contributed by atoms with van der Waals surface area (Å²) in [7, 11) is 1.57. The van der Waals surface area contributed by atoms with Crippen LogP contribution in [0, 0.1) is 11.8 Å². The monoisotopic (exact) mass is 240 g/mol. The molecule has 0 radical (unpaired) electrons. The van der Waals surface area contributed by atoms with E-state index in [0.29, 0.717) is 10.8 Å². The van der Waals surface area contributed by atoms with Crippen LogP contribution < -0.4 is 4.74 Å². The topological polar surface area (TPSA) is 46.5 Å². The normalized spacial score (nSPS) is 22.9. The number of carboxylic acid groups (broad SMARTS) is 1. The number of ether oxygens (including phenoxy) is 1. The summed E-state index contributed by atoms with van der Waals surface area (Å²) in [6.45, 7) is 0. The van der Waals surface area contributed by atoms with Gasteiger partial charge in [0.15, 0.2) is 0 Å². The van der Waals surface area contributed by atoms with E-state index >= 15 is 0 Å². The molecule has 1 aliphatic carbocycles. The lowest BCUT2D eigenvalue weighted by molar-refractivity contribution is -0.138. The van der Waals surface area contributed by atoms with Gasteiger partial charge in [0.25, 0.3) is 0 Å². The van der Waals surface area contributed by atoms with Crippen molar-refractivity contribution in [1.82, 2.24) is 0 Å². The number of halogens is 1. The molecule has 2 atom stereocenters. The molecule has 1 fully saturated rings. The summed E-state index contributed by atoms with van der Waals surface area (Å²) in [5, 5.41) is 9.37. The lowest BCUT2D eigenvalue weighted by atomic mass is 10.1. The highest BCUT2D eigenvalue weighted by Crippen LogP contribution is 2.41. The molecule has 0 amide bonds. The number of benzene rings is 1. The molecule has 2 unspecified atom stereocenters. The summed E-state index contributed by atoms with van der Waals surface area (Å²) in [4.78, 5) is 10.7. The Morgan fingerprint density at radius 1 is 1.62 bits per heavy atom. The quantitative estimate of drug-likeness (QED) is 0.880. The maximum Gasteiger partial charge on any atom is 0.306 e. The third-order valence-corrected chi connectivity index (χ3v) is 3.25. The maximum atomic E-state index is 10.7. The SMILES string of the molecule is COc1ccc(CC2CC2C(=O)O)cc1Cl. The van der Waals surface area contributed by atoms with E-state index in [1.165, 1.54) is 0 Å². The third-order valence-electron chi connectivity index (χ3n) is 2.95. The van der Waals surface area contributed by atoms with Crippen LogP contribution in [0.15, 0.2) is 18.2 Å². The number of hydrogen-bond donors (Lipinski definition) is 1. The molecule has 0 aromatic heterocycles. The first-order valence-electron chi connectivity index (χ1n) is 5.17. The zero-order valence-electron chi connectivity index (χ0n) is 8.94. The second-order valence-corrected chi connectivity index (χ2v) is 4.52. The molecule has 1 aliphatic rings. The van der Waals surface area contributed by atoms with Gasteiger partial charge in [0, 0.05) is 0 Å². The molecular weight excluding hydrogens is 228 g/mol. The highest BCUT2D eigenvalue weighted by atomic mass is 35.5. The molecule has 0 heterocycles. The smallest absolute Gasteiger partial charge is 0.306 e. The van der Waals surface area contributed by atoms with E-state index in [9.17, 15) is 4.79 Å². The van der Waals surface area contributed by atoms with Crippen LogP contribution in [0.25, 0.3) is 0 Å². The standard InChI is InChI=1S/C12H13ClO3/c1-16-11-3-2-7(5-10(11)13)4-8-6-9(8)12(14)15/h2-3,5,8-9H,4,6H2,1H3,(H,14,15). The van der Waals surface area contributed by atoms with Crippen molar-refractivity contribution in [2.24, 2.45) is 11.8 Å². The molecule has 1 N–H and O–H groups in total. The van der Waals surface area contributed by atoms with E-state index < -0.39 is 5.97 Å². The van der Waals surface area contributed by atoms with Crippen LogP contribution in [-0.2, 0) is 11.2 Å². The van der Waals surface area contributed by atoms with Crippen LogP contribution in [0.3, 0.4) is 0 Å². The zero-order valence-corrected chi connectivity index (χ0v) is 9.70. The van der Waals surface area contributed by atoms with Crippen LogP contribution >= 0.6 is 11.6 Å². The minimum atomic E-state index is -0.690. The fourth-order valence-electron chi connectivity index (χ4n) is 1.92. The summed E-state index contributed by atoms with van der Waals surface area (Å²) in [5.41, 5.74) is 1.07. The van der Waals surface area contributed by atoms with Gasteiger partial charge in [-0.2, -0.15) is 0 Å². The van der Waals surface area contributed by atoms with E-state index in [4.69, 9.17) is 21.4 Å². The van der Waals surface area contributed by atoms with Crippen molar-refractivity contribution in [3.63, 3.8) is 0 Å². The fraction of sp³-hybridized carbons (Fsp3) is 0.417. The first kappa shape index (κ1) is 11.3. The lowest BCUT2D eigenvalue weighted by Gasteiger charge is -2.05. The Kier molecular flexibility index (Phi) is 3.06. The number of aliphatic carboxylic acids is 1. The van der Waals surface area contributed by atoms with Crippen LogP contribution in [0.4, 0.5) is 0 Å².